The molecule has 0 spiro atoms. The van der Waals surface area contributed by atoms with Gasteiger partial charge in [-0.3, -0.25) is 0 Å². The summed E-state index contributed by atoms with van der Waals surface area (Å²) in [6, 6.07) is 19.6. The van der Waals surface area contributed by atoms with Gasteiger partial charge in [0.15, 0.2) is 0 Å². The van der Waals surface area contributed by atoms with Crippen molar-refractivity contribution in [3.63, 3.8) is 0 Å². The fraction of sp³-hybridized carbons (Fsp3) is 0.300. The van der Waals surface area contributed by atoms with Gasteiger partial charge in [-0.2, -0.15) is 0 Å². The van der Waals surface area contributed by atoms with Crippen molar-refractivity contribution in [3.05, 3.63) is 66.7 Å². The summed E-state index contributed by atoms with van der Waals surface area (Å²) < 4.78 is 6.31. The van der Waals surface area contributed by atoms with E-state index >= 15 is 0 Å². The predicted molar refractivity (Wildman–Crippen MR) is 99.7 cm³/mol. The Labute approximate surface area is 136 Å². The Balaban J connectivity index is 2.38. The van der Waals surface area contributed by atoms with E-state index in [0.29, 0.717) is 0 Å². The van der Waals surface area contributed by atoms with E-state index in [-0.39, 0.29) is 11.3 Å². The van der Waals surface area contributed by atoms with Gasteiger partial charge in [-0.15, -0.1) is 0 Å². The Bertz CT molecular complexity index is 596. The van der Waals surface area contributed by atoms with Crippen molar-refractivity contribution in [1.29, 1.82) is 0 Å². The summed E-state index contributed by atoms with van der Waals surface area (Å²) >= 11 is 0. The molecule has 0 saturated carbocycles. The molecule has 0 bridgehead atoms. The first-order valence-corrected chi connectivity index (χ1v) is 9.68. The number of rotatable bonds is 5. The smallest absolute Gasteiger partial charge is 0.134 e. The van der Waals surface area contributed by atoms with Gasteiger partial charge in [0.25, 0.3) is 0 Å². The summed E-state index contributed by atoms with van der Waals surface area (Å²) in [5.41, 5.74) is 1.27. The van der Waals surface area contributed by atoms with Gasteiger partial charge in [0.05, 0.1) is 11.3 Å². The number of hydrogen-bond acceptors (Lipinski definition) is 1. The van der Waals surface area contributed by atoms with Crippen LogP contribution in [-0.4, -0.2) is 20.1 Å². The summed E-state index contributed by atoms with van der Waals surface area (Å²) in [7, 11) is -1.43. The predicted octanol–water partition coefficient (Wildman–Crippen LogP) is 3.41. The van der Waals surface area contributed by atoms with Gasteiger partial charge in [-0.25, -0.2) is 0 Å². The lowest BCUT2D eigenvalue weighted by atomic mass is 10.2. The quantitative estimate of drug-likeness (QED) is 0.769. The minimum atomic E-state index is -1.43. The van der Waals surface area contributed by atoms with Gasteiger partial charge in [0.1, 0.15) is 8.80 Å². The first kappa shape index (κ1) is 16.7. The van der Waals surface area contributed by atoms with Crippen LogP contribution in [0.25, 0.3) is 6.08 Å². The van der Waals surface area contributed by atoms with Gasteiger partial charge in [-0.1, -0.05) is 77.6 Å². The fourth-order valence-corrected chi connectivity index (χ4v) is 6.12. The summed E-state index contributed by atoms with van der Waals surface area (Å²) in [6.45, 7) is 12.4. The van der Waals surface area contributed by atoms with E-state index in [2.05, 4.69) is 88.9 Å². The molecule has 2 aromatic carbocycles. The van der Waals surface area contributed by atoms with Gasteiger partial charge in [0.2, 0.25) is 0 Å². The van der Waals surface area contributed by atoms with Crippen LogP contribution in [-0.2, 0) is 4.74 Å². The SMILES string of the molecule is C=Cc1ccc([SiH](c2ccccc2)C(C)OC(C)(C)C)cc1. The second-order valence-corrected chi connectivity index (χ2v) is 9.92. The molecule has 116 valence electrons. The summed E-state index contributed by atoms with van der Waals surface area (Å²) in [5.74, 6) is 0. The molecule has 2 rings (SSSR count). The second kappa shape index (κ2) is 7.08. The molecule has 0 aliphatic heterocycles. The molecule has 0 N–H and O–H groups in total. The zero-order valence-electron chi connectivity index (χ0n) is 14.0. The van der Waals surface area contributed by atoms with Crippen LogP contribution in [0.3, 0.4) is 0 Å². The Morgan fingerprint density at radius 1 is 0.955 bits per heavy atom. The van der Waals surface area contributed by atoms with E-state index in [9.17, 15) is 0 Å². The summed E-state index contributed by atoms with van der Waals surface area (Å²) in [4.78, 5) is 0. The average molecular weight is 311 g/mol. The maximum Gasteiger partial charge on any atom is 0.134 e. The van der Waals surface area contributed by atoms with Crippen LogP contribution in [0.2, 0.25) is 0 Å². The number of ether oxygens (including phenoxy) is 1. The highest BCUT2D eigenvalue weighted by Crippen LogP contribution is 2.13. The lowest BCUT2D eigenvalue weighted by Gasteiger charge is -2.30. The van der Waals surface area contributed by atoms with Gasteiger partial charge < -0.3 is 4.74 Å². The molecule has 0 heterocycles. The molecule has 22 heavy (non-hydrogen) atoms. The van der Waals surface area contributed by atoms with Crippen LogP contribution < -0.4 is 10.4 Å². The molecule has 1 nitrogen and oxygen atoms in total. The first-order valence-electron chi connectivity index (χ1n) is 7.86. The normalized spacial score (nSPS) is 14.4. The molecule has 2 heteroatoms. The van der Waals surface area contributed by atoms with Crippen LogP contribution in [0.1, 0.15) is 33.3 Å². The van der Waals surface area contributed by atoms with Crippen molar-refractivity contribution in [3.8, 4) is 0 Å². The lowest BCUT2D eigenvalue weighted by Crippen LogP contribution is -2.53. The minimum Gasteiger partial charge on any atom is -0.376 e. The van der Waals surface area contributed by atoms with Gasteiger partial charge >= 0.3 is 0 Å². The molecule has 2 aromatic rings. The second-order valence-electron chi connectivity index (χ2n) is 6.69. The molecule has 0 fully saturated rings. The van der Waals surface area contributed by atoms with Crippen molar-refractivity contribution in [2.45, 2.75) is 39.0 Å². The fourth-order valence-electron chi connectivity index (χ4n) is 2.86. The molecule has 0 radical (unpaired) electrons. The largest absolute Gasteiger partial charge is 0.376 e. The van der Waals surface area contributed by atoms with E-state index in [4.69, 9.17) is 4.74 Å². The Morgan fingerprint density at radius 3 is 2.00 bits per heavy atom. The van der Waals surface area contributed by atoms with E-state index in [0.717, 1.165) is 5.56 Å². The molecule has 0 aliphatic carbocycles. The highest BCUT2D eigenvalue weighted by atomic mass is 28.3. The average Bonchev–Trinajstić information content (AvgIpc) is 2.47. The summed E-state index contributed by atoms with van der Waals surface area (Å²) in [5, 5.41) is 2.83. The third kappa shape index (κ3) is 4.42. The highest BCUT2D eigenvalue weighted by Gasteiger charge is 2.27. The molecular weight excluding hydrogens is 284 g/mol. The maximum atomic E-state index is 6.31. The maximum absolute atomic E-state index is 6.31. The monoisotopic (exact) mass is 310 g/mol. The minimum absolute atomic E-state index is 0.124. The van der Waals surface area contributed by atoms with Crippen molar-refractivity contribution < 1.29 is 4.74 Å². The molecule has 0 aromatic heterocycles. The van der Waals surface area contributed by atoms with Crippen LogP contribution in [0, 0.1) is 0 Å². The lowest BCUT2D eigenvalue weighted by molar-refractivity contribution is -0.0174. The van der Waals surface area contributed by atoms with Crippen molar-refractivity contribution >= 4 is 25.2 Å². The molecule has 0 saturated heterocycles. The van der Waals surface area contributed by atoms with Crippen molar-refractivity contribution in [2.24, 2.45) is 0 Å². The molecular formula is C20H26OSi. The van der Waals surface area contributed by atoms with E-state index < -0.39 is 8.80 Å². The van der Waals surface area contributed by atoms with E-state index in [1.165, 1.54) is 10.4 Å². The molecule has 0 amide bonds. The molecule has 2 unspecified atom stereocenters. The third-order valence-corrected chi connectivity index (χ3v) is 6.98. The van der Waals surface area contributed by atoms with Crippen LogP contribution in [0.5, 0.6) is 0 Å². The van der Waals surface area contributed by atoms with Crippen LogP contribution in [0.15, 0.2) is 61.2 Å². The van der Waals surface area contributed by atoms with Crippen molar-refractivity contribution in [2.75, 3.05) is 0 Å². The first-order chi connectivity index (χ1) is 10.4. The zero-order valence-corrected chi connectivity index (χ0v) is 15.2. The number of benzene rings is 2. The van der Waals surface area contributed by atoms with Crippen molar-refractivity contribution in [1.82, 2.24) is 0 Å². The number of hydrogen-bond donors (Lipinski definition) is 0. The molecule has 2 atom stereocenters. The summed E-state index contributed by atoms with van der Waals surface area (Å²) in [6.07, 6.45) is 1.89. The Hall–Kier alpha value is -1.64. The van der Waals surface area contributed by atoms with E-state index in [1.807, 2.05) is 6.08 Å². The van der Waals surface area contributed by atoms with Gasteiger partial charge in [-0.05, 0) is 33.3 Å². The third-order valence-electron chi connectivity index (χ3n) is 3.70. The zero-order chi connectivity index (χ0) is 16.2. The topological polar surface area (TPSA) is 9.23 Å². The standard InChI is InChI=1S/C20H26OSi/c1-6-17-12-14-19(15-13-17)22(16(2)21-20(3,4)5)18-10-8-7-9-11-18/h6-16,22H,1H2,2-5H3. The van der Waals surface area contributed by atoms with Crippen LogP contribution in [0.4, 0.5) is 0 Å². The Kier molecular flexibility index (Phi) is 5.38. The highest BCUT2D eigenvalue weighted by molar-refractivity contribution is 6.86. The molecule has 0 aliphatic rings. The van der Waals surface area contributed by atoms with E-state index in [1.54, 1.807) is 0 Å². The van der Waals surface area contributed by atoms with Crippen LogP contribution >= 0.6 is 0 Å². The van der Waals surface area contributed by atoms with Gasteiger partial charge in [0, 0.05) is 0 Å². The Morgan fingerprint density at radius 2 is 1.50 bits per heavy atom.